The van der Waals surface area contributed by atoms with Crippen molar-refractivity contribution in [2.75, 3.05) is 6.54 Å². The lowest BCUT2D eigenvalue weighted by molar-refractivity contribution is -0.128. The summed E-state index contributed by atoms with van der Waals surface area (Å²) < 4.78 is 13.4. The maximum absolute atomic E-state index is 13.4. The first-order chi connectivity index (χ1) is 8.08. The molecule has 0 bridgehead atoms. The Labute approximate surface area is 98.2 Å². The summed E-state index contributed by atoms with van der Waals surface area (Å²) in [4.78, 5) is 24.0. The number of benzene rings is 1. The second kappa shape index (κ2) is 4.53. The molecular weight excluding hydrogens is 223 g/mol. The van der Waals surface area contributed by atoms with Crippen molar-refractivity contribution in [1.29, 1.82) is 0 Å². The Morgan fingerprint density at radius 1 is 1.47 bits per heavy atom. The molecule has 2 amide bonds. The van der Waals surface area contributed by atoms with E-state index in [0.717, 1.165) is 0 Å². The summed E-state index contributed by atoms with van der Waals surface area (Å²) >= 11 is 0. The van der Waals surface area contributed by atoms with Crippen molar-refractivity contribution in [3.05, 3.63) is 35.6 Å². The van der Waals surface area contributed by atoms with E-state index >= 15 is 0 Å². The van der Waals surface area contributed by atoms with Crippen LogP contribution in [0.5, 0.6) is 0 Å². The Hall–Kier alpha value is -1.91. The first-order valence-corrected chi connectivity index (χ1v) is 5.38. The maximum atomic E-state index is 13.4. The van der Waals surface area contributed by atoms with Crippen molar-refractivity contribution in [3.8, 4) is 0 Å². The van der Waals surface area contributed by atoms with E-state index in [9.17, 15) is 14.0 Å². The van der Waals surface area contributed by atoms with Crippen LogP contribution >= 0.6 is 0 Å². The van der Waals surface area contributed by atoms with E-state index in [1.54, 1.807) is 18.2 Å². The van der Waals surface area contributed by atoms with Crippen molar-refractivity contribution in [1.82, 2.24) is 4.90 Å². The molecule has 17 heavy (non-hydrogen) atoms. The van der Waals surface area contributed by atoms with Crippen LogP contribution in [0.1, 0.15) is 12.0 Å². The quantitative estimate of drug-likeness (QED) is 0.837. The zero-order valence-corrected chi connectivity index (χ0v) is 9.23. The molecule has 2 N–H and O–H groups in total. The van der Waals surface area contributed by atoms with Gasteiger partial charge in [-0.25, -0.2) is 4.39 Å². The van der Waals surface area contributed by atoms with E-state index < -0.39 is 11.8 Å². The van der Waals surface area contributed by atoms with Gasteiger partial charge in [0.15, 0.2) is 0 Å². The van der Waals surface area contributed by atoms with E-state index in [1.807, 2.05) is 0 Å². The van der Waals surface area contributed by atoms with Gasteiger partial charge in [0.1, 0.15) is 5.82 Å². The van der Waals surface area contributed by atoms with Crippen LogP contribution in [0, 0.1) is 11.7 Å². The first kappa shape index (κ1) is 11.6. The lowest BCUT2D eigenvalue weighted by Gasteiger charge is -2.16. The molecule has 1 aromatic carbocycles. The second-order valence-electron chi connectivity index (χ2n) is 4.17. The predicted octanol–water partition coefficient (Wildman–Crippen LogP) is 0.659. The van der Waals surface area contributed by atoms with Gasteiger partial charge in [-0.2, -0.15) is 0 Å². The zero-order chi connectivity index (χ0) is 12.4. The number of carbonyl (C=O) groups excluding carboxylic acids is 2. The molecule has 1 aliphatic rings. The van der Waals surface area contributed by atoms with Crippen molar-refractivity contribution < 1.29 is 14.0 Å². The molecule has 1 aromatic rings. The average molecular weight is 236 g/mol. The molecule has 5 heteroatoms. The third kappa shape index (κ3) is 2.43. The van der Waals surface area contributed by atoms with Gasteiger partial charge in [-0.05, 0) is 6.07 Å². The van der Waals surface area contributed by atoms with Gasteiger partial charge in [-0.1, -0.05) is 18.2 Å². The molecule has 1 heterocycles. The van der Waals surface area contributed by atoms with Crippen molar-refractivity contribution in [2.24, 2.45) is 11.7 Å². The number of amides is 2. The number of hydrogen-bond acceptors (Lipinski definition) is 2. The molecule has 2 rings (SSSR count). The van der Waals surface area contributed by atoms with Crippen LogP contribution in [0.3, 0.4) is 0 Å². The summed E-state index contributed by atoms with van der Waals surface area (Å²) in [5, 5.41) is 0. The van der Waals surface area contributed by atoms with Gasteiger partial charge in [0.2, 0.25) is 11.8 Å². The number of primary amides is 1. The summed E-state index contributed by atoms with van der Waals surface area (Å²) in [6.07, 6.45) is 0.129. The molecule has 1 unspecified atom stereocenters. The molecule has 4 nitrogen and oxygen atoms in total. The number of nitrogens with two attached hydrogens (primary N) is 1. The molecule has 1 saturated heterocycles. The molecular formula is C12H13FN2O2. The minimum Gasteiger partial charge on any atom is -0.369 e. The second-order valence-corrected chi connectivity index (χ2v) is 4.17. The number of hydrogen-bond donors (Lipinski definition) is 1. The lowest BCUT2D eigenvalue weighted by Crippen LogP contribution is -2.28. The Kier molecular flexibility index (Phi) is 3.08. The number of nitrogens with zero attached hydrogens (tertiary/aromatic N) is 1. The molecule has 90 valence electrons. The Bertz CT molecular complexity index is 462. The molecule has 0 spiro atoms. The van der Waals surface area contributed by atoms with Crippen molar-refractivity contribution >= 4 is 11.8 Å². The zero-order valence-electron chi connectivity index (χ0n) is 9.23. The fourth-order valence-electron chi connectivity index (χ4n) is 1.95. The van der Waals surface area contributed by atoms with Crippen LogP contribution in [-0.2, 0) is 16.1 Å². The normalized spacial score (nSPS) is 19.7. The Morgan fingerprint density at radius 2 is 2.18 bits per heavy atom. The molecule has 0 saturated carbocycles. The van der Waals surface area contributed by atoms with Crippen LogP contribution in [-0.4, -0.2) is 23.3 Å². The smallest absolute Gasteiger partial charge is 0.223 e. The van der Waals surface area contributed by atoms with Gasteiger partial charge in [0.25, 0.3) is 0 Å². The minimum absolute atomic E-state index is 0.129. The Balaban J connectivity index is 2.08. The highest BCUT2D eigenvalue weighted by molar-refractivity contribution is 5.88. The molecule has 1 aliphatic heterocycles. The predicted molar refractivity (Wildman–Crippen MR) is 59.1 cm³/mol. The first-order valence-electron chi connectivity index (χ1n) is 5.38. The number of likely N-dealkylation sites (tertiary alicyclic amines) is 1. The molecule has 1 fully saturated rings. The summed E-state index contributed by atoms with van der Waals surface area (Å²) in [6.45, 7) is 0.470. The summed E-state index contributed by atoms with van der Waals surface area (Å²) in [5.41, 5.74) is 5.60. The lowest BCUT2D eigenvalue weighted by atomic mass is 10.1. The number of halogens is 1. The van der Waals surface area contributed by atoms with Crippen molar-refractivity contribution in [2.45, 2.75) is 13.0 Å². The summed E-state index contributed by atoms with van der Waals surface area (Å²) in [7, 11) is 0. The monoisotopic (exact) mass is 236 g/mol. The topological polar surface area (TPSA) is 63.4 Å². The van der Waals surface area contributed by atoms with Gasteiger partial charge in [0.05, 0.1) is 5.92 Å². The average Bonchev–Trinajstić information content (AvgIpc) is 2.64. The van der Waals surface area contributed by atoms with E-state index in [0.29, 0.717) is 5.56 Å². The highest BCUT2D eigenvalue weighted by Crippen LogP contribution is 2.20. The van der Waals surface area contributed by atoms with Crippen LogP contribution in [0.2, 0.25) is 0 Å². The van der Waals surface area contributed by atoms with E-state index in [1.165, 1.54) is 11.0 Å². The van der Waals surface area contributed by atoms with Crippen LogP contribution in [0.15, 0.2) is 24.3 Å². The van der Waals surface area contributed by atoms with Gasteiger partial charge in [0, 0.05) is 25.1 Å². The largest absolute Gasteiger partial charge is 0.369 e. The highest BCUT2D eigenvalue weighted by atomic mass is 19.1. The van der Waals surface area contributed by atoms with E-state index in [-0.39, 0.29) is 31.2 Å². The fourth-order valence-corrected chi connectivity index (χ4v) is 1.95. The highest BCUT2D eigenvalue weighted by Gasteiger charge is 2.33. The SMILES string of the molecule is NC(=O)C1CC(=O)N(Cc2ccccc2F)C1. The van der Waals surface area contributed by atoms with Crippen LogP contribution < -0.4 is 5.73 Å². The van der Waals surface area contributed by atoms with E-state index in [2.05, 4.69) is 0 Å². The number of carbonyl (C=O) groups is 2. The maximum Gasteiger partial charge on any atom is 0.223 e. The Morgan fingerprint density at radius 3 is 2.76 bits per heavy atom. The van der Waals surface area contributed by atoms with E-state index in [4.69, 9.17) is 5.73 Å². The number of rotatable bonds is 3. The van der Waals surface area contributed by atoms with Crippen molar-refractivity contribution in [3.63, 3.8) is 0 Å². The molecule has 0 radical (unpaired) electrons. The summed E-state index contributed by atoms with van der Waals surface area (Å²) in [5.74, 6) is -1.43. The molecule has 0 aliphatic carbocycles. The standard InChI is InChI=1S/C12H13FN2O2/c13-10-4-2-1-3-8(10)6-15-7-9(12(14)17)5-11(15)16/h1-4,9H,5-7H2,(H2,14,17). The fraction of sp³-hybridized carbons (Fsp3) is 0.333. The van der Waals surface area contributed by atoms with Gasteiger partial charge in [-0.3, -0.25) is 9.59 Å². The van der Waals surface area contributed by atoms with Crippen LogP contribution in [0.25, 0.3) is 0 Å². The van der Waals surface area contributed by atoms with Gasteiger partial charge < -0.3 is 10.6 Å². The third-order valence-electron chi connectivity index (χ3n) is 2.94. The van der Waals surface area contributed by atoms with Crippen LogP contribution in [0.4, 0.5) is 4.39 Å². The third-order valence-corrected chi connectivity index (χ3v) is 2.94. The minimum atomic E-state index is -0.477. The van der Waals surface area contributed by atoms with Gasteiger partial charge >= 0.3 is 0 Å². The van der Waals surface area contributed by atoms with Gasteiger partial charge in [-0.15, -0.1) is 0 Å². The summed E-state index contributed by atoms with van der Waals surface area (Å²) in [6, 6.07) is 6.28. The molecule has 1 atom stereocenters. The molecule has 0 aromatic heterocycles.